The van der Waals surface area contributed by atoms with Crippen molar-refractivity contribution in [3.8, 4) is 11.3 Å². The summed E-state index contributed by atoms with van der Waals surface area (Å²) in [6.07, 6.45) is -4.60. The second kappa shape index (κ2) is 16.8. The van der Waals surface area contributed by atoms with Gasteiger partial charge in [-0.05, 0) is 29.2 Å². The quantitative estimate of drug-likeness (QED) is 0.286. The molecule has 0 aliphatic carbocycles. The van der Waals surface area contributed by atoms with Crippen molar-refractivity contribution >= 4 is 23.9 Å². The zero-order chi connectivity index (χ0) is 36.2. The molecule has 13 nitrogen and oxygen atoms in total. The first-order valence-electron chi connectivity index (χ1n) is 12.1. The number of carbonyl (C=O) groups is 4. The highest BCUT2D eigenvalue weighted by Crippen LogP contribution is 2.30. The molecule has 0 atom stereocenters. The molecule has 0 aromatic carbocycles. The van der Waals surface area contributed by atoms with E-state index in [0.717, 1.165) is 29.8 Å². The second-order valence-electron chi connectivity index (χ2n) is 8.65. The van der Waals surface area contributed by atoms with Crippen LogP contribution in [0.4, 0.5) is 39.5 Å². The van der Waals surface area contributed by atoms with Crippen molar-refractivity contribution in [2.45, 2.75) is 38.0 Å². The minimum absolute atomic E-state index is 0.262. The molecule has 3 aromatic heterocycles. The SMILES string of the molecule is O=C(O)C(F)(F)F.O=C(O)C(F)(F)F.O=C(O)C(F)(F)F.O=C(O)c1c(-c2cncnc2)ncc2c1CCN(Cc1cccnc1)C2. The van der Waals surface area contributed by atoms with Crippen molar-refractivity contribution in [3.63, 3.8) is 0 Å². The smallest absolute Gasteiger partial charge is 0.478 e. The van der Waals surface area contributed by atoms with Gasteiger partial charge in [-0.3, -0.25) is 14.9 Å². The Morgan fingerprint density at radius 2 is 1.23 bits per heavy atom. The van der Waals surface area contributed by atoms with Crippen LogP contribution in [0.15, 0.2) is 49.4 Å². The molecular weight excluding hydrogens is 669 g/mol. The number of carboxylic acids is 4. The maximum Gasteiger partial charge on any atom is 0.490 e. The Morgan fingerprint density at radius 3 is 1.64 bits per heavy atom. The van der Waals surface area contributed by atoms with Crippen LogP contribution in [0.5, 0.6) is 0 Å². The van der Waals surface area contributed by atoms with Gasteiger partial charge in [-0.15, -0.1) is 0 Å². The predicted octanol–water partition coefficient (Wildman–Crippen LogP) is 4.09. The van der Waals surface area contributed by atoms with Gasteiger partial charge in [0.2, 0.25) is 0 Å². The highest BCUT2D eigenvalue weighted by molar-refractivity contribution is 5.96. The number of halogens is 9. The number of nitrogens with zero attached hydrogens (tertiary/aromatic N) is 5. The average molecular weight is 689 g/mol. The molecule has 0 saturated carbocycles. The van der Waals surface area contributed by atoms with Gasteiger partial charge < -0.3 is 20.4 Å². The van der Waals surface area contributed by atoms with Gasteiger partial charge in [-0.25, -0.2) is 29.1 Å². The lowest BCUT2D eigenvalue weighted by molar-refractivity contribution is -0.193. The van der Waals surface area contributed by atoms with Crippen molar-refractivity contribution < 1.29 is 79.1 Å². The van der Waals surface area contributed by atoms with E-state index in [-0.39, 0.29) is 5.56 Å². The van der Waals surface area contributed by atoms with E-state index >= 15 is 0 Å². The standard InChI is InChI=1S/C19H17N5O2.3C2HF3O2/c25-19(26)17-16-3-5-24(10-13-2-1-4-20-6-13)11-15(16)9-23-18(17)14-7-21-12-22-8-14;3*3-2(4,5)1(6)7/h1-2,4,6-9,12H,3,5,10-11H2,(H,25,26);3*(H,6,7). The molecule has 256 valence electrons. The molecule has 0 amide bonds. The number of hydrogen-bond acceptors (Lipinski definition) is 9. The zero-order valence-electron chi connectivity index (χ0n) is 23.0. The van der Waals surface area contributed by atoms with E-state index in [9.17, 15) is 49.4 Å². The lowest BCUT2D eigenvalue weighted by Crippen LogP contribution is -2.31. The lowest BCUT2D eigenvalue weighted by atomic mass is 9.93. The highest BCUT2D eigenvalue weighted by atomic mass is 19.4. The summed E-state index contributed by atoms with van der Waals surface area (Å²) in [6, 6.07) is 3.97. The van der Waals surface area contributed by atoms with Gasteiger partial charge in [0.15, 0.2) is 0 Å². The third-order valence-electron chi connectivity index (χ3n) is 5.25. The van der Waals surface area contributed by atoms with Crippen molar-refractivity contribution in [2.75, 3.05) is 6.54 Å². The van der Waals surface area contributed by atoms with Crippen LogP contribution >= 0.6 is 0 Å². The summed E-state index contributed by atoms with van der Waals surface area (Å²) in [5.41, 5.74) is 4.26. The minimum Gasteiger partial charge on any atom is -0.478 e. The van der Waals surface area contributed by atoms with Crippen LogP contribution in [0, 0.1) is 0 Å². The molecule has 0 saturated heterocycles. The third-order valence-corrected chi connectivity index (χ3v) is 5.25. The number of carboxylic acid groups (broad SMARTS) is 4. The Bertz CT molecular complexity index is 1460. The first-order valence-corrected chi connectivity index (χ1v) is 12.1. The number of hydrogen-bond donors (Lipinski definition) is 4. The zero-order valence-corrected chi connectivity index (χ0v) is 23.0. The fourth-order valence-corrected chi connectivity index (χ4v) is 3.36. The maximum atomic E-state index is 11.9. The van der Waals surface area contributed by atoms with Crippen molar-refractivity contribution in [1.82, 2.24) is 24.8 Å². The van der Waals surface area contributed by atoms with Crippen molar-refractivity contribution in [1.29, 1.82) is 0 Å². The Labute approximate surface area is 256 Å². The molecule has 47 heavy (non-hydrogen) atoms. The van der Waals surface area contributed by atoms with Crippen molar-refractivity contribution in [3.05, 3.63) is 71.7 Å². The molecule has 0 bridgehead atoms. The minimum atomic E-state index is -5.08. The molecule has 0 spiro atoms. The molecule has 0 unspecified atom stereocenters. The van der Waals surface area contributed by atoms with Gasteiger partial charge in [0.05, 0.1) is 11.3 Å². The summed E-state index contributed by atoms with van der Waals surface area (Å²) in [6.45, 7) is 2.24. The Kier molecular flexibility index (Phi) is 14.1. The van der Waals surface area contributed by atoms with Crippen LogP contribution in [-0.2, 0) is 33.9 Å². The molecule has 1 aliphatic rings. The number of alkyl halides is 9. The van der Waals surface area contributed by atoms with Gasteiger partial charge in [0, 0.05) is 56.2 Å². The largest absolute Gasteiger partial charge is 0.490 e. The molecule has 0 fully saturated rings. The van der Waals surface area contributed by atoms with E-state index in [4.69, 9.17) is 29.7 Å². The summed E-state index contributed by atoms with van der Waals surface area (Å²) in [7, 11) is 0. The first kappa shape index (κ1) is 39.6. The third kappa shape index (κ3) is 13.6. The Morgan fingerprint density at radius 1 is 0.745 bits per heavy atom. The fraction of sp³-hybridized carbons (Fsp3) is 0.280. The number of aromatic carboxylic acids is 1. The molecule has 4 N–H and O–H groups in total. The van der Waals surface area contributed by atoms with Gasteiger partial charge in [-0.1, -0.05) is 6.07 Å². The highest BCUT2D eigenvalue weighted by Gasteiger charge is 2.39. The molecule has 0 radical (unpaired) electrons. The number of rotatable bonds is 4. The monoisotopic (exact) mass is 689 g/mol. The second-order valence-corrected chi connectivity index (χ2v) is 8.65. The van der Waals surface area contributed by atoms with Gasteiger partial charge in [0.25, 0.3) is 0 Å². The van der Waals surface area contributed by atoms with Gasteiger partial charge >= 0.3 is 42.4 Å². The first-order chi connectivity index (χ1) is 21.6. The molecule has 22 heteroatoms. The van der Waals surface area contributed by atoms with Crippen LogP contribution in [0.2, 0.25) is 0 Å². The molecule has 4 heterocycles. The van der Waals surface area contributed by atoms with E-state index in [1.165, 1.54) is 6.33 Å². The molecule has 3 aromatic rings. The summed E-state index contributed by atoms with van der Waals surface area (Å²) in [4.78, 5) is 57.4. The summed E-state index contributed by atoms with van der Waals surface area (Å²) < 4.78 is 95.2. The number of aromatic nitrogens is 4. The predicted molar refractivity (Wildman–Crippen MR) is 135 cm³/mol. The van der Waals surface area contributed by atoms with Crippen molar-refractivity contribution in [2.24, 2.45) is 0 Å². The van der Waals surface area contributed by atoms with E-state index < -0.39 is 42.4 Å². The number of aliphatic carboxylic acids is 3. The van der Waals surface area contributed by atoms with E-state index in [0.29, 0.717) is 24.2 Å². The Balaban J connectivity index is 0.000000430. The molecule has 1 aliphatic heterocycles. The van der Waals surface area contributed by atoms with Crippen LogP contribution in [0.1, 0.15) is 27.0 Å². The van der Waals surface area contributed by atoms with E-state index in [1.807, 2.05) is 18.3 Å². The van der Waals surface area contributed by atoms with Crippen LogP contribution in [0.3, 0.4) is 0 Å². The lowest BCUT2D eigenvalue weighted by Gasteiger charge is -2.29. The normalized spacial score (nSPS) is 12.8. The fourth-order valence-electron chi connectivity index (χ4n) is 3.36. The van der Waals surface area contributed by atoms with E-state index in [2.05, 4.69) is 24.8 Å². The number of fused-ring (bicyclic) bond motifs is 1. The average Bonchev–Trinajstić information content (AvgIpc) is 2.97. The van der Waals surface area contributed by atoms with Gasteiger partial charge in [0.1, 0.15) is 6.33 Å². The number of pyridine rings is 2. The molecule has 4 rings (SSSR count). The Hall–Kier alpha value is -5.41. The van der Waals surface area contributed by atoms with Gasteiger partial charge in [-0.2, -0.15) is 39.5 Å². The summed E-state index contributed by atoms with van der Waals surface area (Å²) in [5.74, 6) is -9.23. The maximum absolute atomic E-state index is 11.9. The molecular formula is C25H20F9N5O8. The van der Waals surface area contributed by atoms with Crippen LogP contribution < -0.4 is 0 Å². The van der Waals surface area contributed by atoms with Crippen LogP contribution in [-0.4, -0.2) is 94.2 Å². The van der Waals surface area contributed by atoms with E-state index in [1.54, 1.807) is 24.8 Å². The van der Waals surface area contributed by atoms with Crippen LogP contribution in [0.25, 0.3) is 11.3 Å². The summed E-state index contributed by atoms with van der Waals surface area (Å²) in [5, 5.41) is 31.2. The topological polar surface area (TPSA) is 204 Å². The summed E-state index contributed by atoms with van der Waals surface area (Å²) >= 11 is 0.